The summed E-state index contributed by atoms with van der Waals surface area (Å²) in [7, 11) is 1.51. The maximum Gasteiger partial charge on any atom is 0.416 e. The van der Waals surface area contributed by atoms with Crippen LogP contribution in [0, 0.1) is 5.92 Å². The van der Waals surface area contributed by atoms with Crippen LogP contribution < -0.4 is 0 Å². The minimum absolute atomic E-state index is 0.0523. The predicted molar refractivity (Wildman–Crippen MR) is 220 cm³/mol. The number of hydrogen-bond acceptors (Lipinski definition) is 11. The van der Waals surface area contributed by atoms with Gasteiger partial charge in [-0.25, -0.2) is 9.69 Å². The van der Waals surface area contributed by atoms with Crippen molar-refractivity contribution in [2.24, 2.45) is 5.92 Å². The number of nitrogens with zero attached hydrogens (tertiary/aromatic N) is 1. The van der Waals surface area contributed by atoms with Crippen molar-refractivity contribution in [2.45, 2.75) is 75.3 Å². The predicted octanol–water partition coefficient (Wildman–Crippen LogP) is 6.15. The lowest BCUT2D eigenvalue weighted by molar-refractivity contribution is -0.319. The quantitative estimate of drug-likeness (QED) is 0.116. The van der Waals surface area contributed by atoms with Crippen LogP contribution in [0.15, 0.2) is 145 Å². The van der Waals surface area contributed by atoms with E-state index in [0.717, 1.165) is 27.2 Å². The molecular formula is C48H51NO11. The Morgan fingerprint density at radius 2 is 1.35 bits per heavy atom. The second-order valence-corrected chi connectivity index (χ2v) is 14.9. The molecule has 60 heavy (non-hydrogen) atoms. The first kappa shape index (κ1) is 42.6. The summed E-state index contributed by atoms with van der Waals surface area (Å²) < 4.78 is 43.0. The first-order valence-electron chi connectivity index (χ1n) is 20.3. The molecule has 2 fully saturated rings. The number of benzene rings is 4. The highest BCUT2D eigenvalue weighted by Crippen LogP contribution is 2.32. The summed E-state index contributed by atoms with van der Waals surface area (Å²) in [5, 5.41) is 10.4. The fourth-order valence-electron chi connectivity index (χ4n) is 7.76. The average Bonchev–Trinajstić information content (AvgIpc) is 3.66. The molecule has 1 N–H and O–H groups in total. The fourth-order valence-corrected chi connectivity index (χ4v) is 7.76. The normalized spacial score (nSPS) is 25.2. The van der Waals surface area contributed by atoms with Gasteiger partial charge in [0.2, 0.25) is 5.91 Å². The van der Waals surface area contributed by atoms with Gasteiger partial charge in [0.05, 0.1) is 38.4 Å². The van der Waals surface area contributed by atoms with Crippen LogP contribution in [0.25, 0.3) is 0 Å². The van der Waals surface area contributed by atoms with Crippen LogP contribution in [0.5, 0.6) is 0 Å². The second kappa shape index (κ2) is 21.2. The van der Waals surface area contributed by atoms with E-state index in [4.69, 9.17) is 33.2 Å². The first-order valence-corrected chi connectivity index (χ1v) is 20.3. The second-order valence-electron chi connectivity index (χ2n) is 14.9. The van der Waals surface area contributed by atoms with Crippen molar-refractivity contribution < 1.29 is 52.6 Å². The number of aliphatic hydroxyl groups is 1. The van der Waals surface area contributed by atoms with Gasteiger partial charge in [-0.2, -0.15) is 0 Å². The maximum absolute atomic E-state index is 14.4. The van der Waals surface area contributed by atoms with Gasteiger partial charge in [0.25, 0.3) is 0 Å². The van der Waals surface area contributed by atoms with Gasteiger partial charge < -0.3 is 38.3 Å². The Morgan fingerprint density at radius 3 is 1.95 bits per heavy atom. The number of imide groups is 1. The number of carbonyl (C=O) groups excluding carboxylic acids is 3. The Labute approximate surface area is 350 Å². The lowest BCUT2D eigenvalue weighted by atomic mass is 9.88. The molecule has 4 aromatic rings. The van der Waals surface area contributed by atoms with Gasteiger partial charge in [0.1, 0.15) is 36.8 Å². The smallest absolute Gasteiger partial charge is 0.416 e. The number of cyclic esters (lactones) is 1. The Hall–Kier alpha value is -5.47. The van der Waals surface area contributed by atoms with Gasteiger partial charge in [-0.3, -0.25) is 9.59 Å². The fraction of sp³-hybridized carbons (Fsp3) is 0.354. The van der Waals surface area contributed by atoms with E-state index in [0.29, 0.717) is 18.6 Å². The van der Waals surface area contributed by atoms with Crippen LogP contribution in [0.3, 0.4) is 0 Å². The molecule has 0 saturated carbocycles. The van der Waals surface area contributed by atoms with E-state index in [9.17, 15) is 19.5 Å². The summed E-state index contributed by atoms with van der Waals surface area (Å²) in [5.41, 5.74) is 3.67. The van der Waals surface area contributed by atoms with Crippen molar-refractivity contribution in [3.63, 3.8) is 0 Å². The number of allylic oxidation sites excluding steroid dienone is 1. The van der Waals surface area contributed by atoms with Crippen molar-refractivity contribution in [3.05, 3.63) is 168 Å². The van der Waals surface area contributed by atoms with E-state index in [1.807, 2.05) is 121 Å². The molecule has 0 spiro atoms. The Balaban J connectivity index is 1.06. The monoisotopic (exact) mass is 817 g/mol. The van der Waals surface area contributed by atoms with Crippen molar-refractivity contribution >= 4 is 17.8 Å². The van der Waals surface area contributed by atoms with Crippen molar-refractivity contribution in [1.29, 1.82) is 0 Å². The number of amides is 2. The zero-order valence-corrected chi connectivity index (χ0v) is 33.5. The maximum atomic E-state index is 14.4. The number of ether oxygens (including phenoxy) is 7. The van der Waals surface area contributed by atoms with Crippen LogP contribution in [0.2, 0.25) is 0 Å². The Morgan fingerprint density at radius 1 is 0.767 bits per heavy atom. The van der Waals surface area contributed by atoms with Crippen LogP contribution in [-0.4, -0.2) is 97.6 Å². The topological polar surface area (TPSA) is 139 Å². The van der Waals surface area contributed by atoms with Gasteiger partial charge >= 0.3 is 6.09 Å². The summed E-state index contributed by atoms with van der Waals surface area (Å²) in [5.74, 6) is -1.56. The Bertz CT molecular complexity index is 2050. The van der Waals surface area contributed by atoms with Crippen LogP contribution in [0.4, 0.5) is 4.79 Å². The summed E-state index contributed by atoms with van der Waals surface area (Å²) in [4.78, 5) is 42.3. The molecule has 3 aliphatic heterocycles. The molecule has 7 rings (SSSR count). The molecule has 0 bridgehead atoms. The Kier molecular flexibility index (Phi) is 15.0. The van der Waals surface area contributed by atoms with Crippen LogP contribution in [-0.2, 0) is 68.8 Å². The molecule has 0 radical (unpaired) electrons. The van der Waals surface area contributed by atoms with E-state index in [1.165, 1.54) is 13.2 Å². The third kappa shape index (κ3) is 10.8. The summed E-state index contributed by atoms with van der Waals surface area (Å²) in [6, 6.07) is 37.8. The third-order valence-corrected chi connectivity index (χ3v) is 10.8. The lowest BCUT2D eigenvalue weighted by Gasteiger charge is -2.45. The third-order valence-electron chi connectivity index (χ3n) is 10.8. The summed E-state index contributed by atoms with van der Waals surface area (Å²) in [6.45, 7) is 0.413. The molecule has 4 aromatic carbocycles. The van der Waals surface area contributed by atoms with E-state index in [1.54, 1.807) is 12.2 Å². The minimum atomic E-state index is -1.20. The van der Waals surface area contributed by atoms with Crippen LogP contribution >= 0.6 is 0 Å². The molecule has 0 aromatic heterocycles. The van der Waals surface area contributed by atoms with Crippen molar-refractivity contribution in [3.8, 4) is 0 Å². The molecule has 3 heterocycles. The van der Waals surface area contributed by atoms with Crippen molar-refractivity contribution in [2.75, 3.05) is 26.9 Å². The molecule has 314 valence electrons. The molecule has 8 atom stereocenters. The minimum Gasteiger partial charge on any atom is -0.482 e. The largest absolute Gasteiger partial charge is 0.482 e. The SMILES string of the molecule is CO[C@H]1O[C@H](CO)[C@@H](OCc2ccccc2)[C@H](OCc2ccccc2)[C@@H]1OCCC=C1C=CC(=O)[C@@H]([C@@H](Cc2ccccc2)C(=O)N2C(=O)OC[C@H]2Cc2ccccc2)O1. The number of aliphatic hydroxyl groups excluding tert-OH is 1. The molecule has 3 aliphatic rings. The van der Waals surface area contributed by atoms with Crippen molar-refractivity contribution in [1.82, 2.24) is 4.90 Å². The number of rotatable bonds is 18. The number of ketones is 1. The number of methoxy groups -OCH3 is 1. The average molecular weight is 818 g/mol. The van der Waals surface area contributed by atoms with Gasteiger partial charge in [-0.05, 0) is 59.7 Å². The van der Waals surface area contributed by atoms with E-state index in [-0.39, 0.29) is 45.2 Å². The van der Waals surface area contributed by atoms with E-state index in [2.05, 4.69) is 0 Å². The summed E-state index contributed by atoms with van der Waals surface area (Å²) in [6.07, 6.45) is -0.0509. The highest BCUT2D eigenvalue weighted by atomic mass is 16.7. The van der Waals surface area contributed by atoms with Gasteiger partial charge in [-0.1, -0.05) is 121 Å². The molecule has 2 saturated heterocycles. The highest BCUT2D eigenvalue weighted by Gasteiger charge is 2.49. The van der Waals surface area contributed by atoms with E-state index < -0.39 is 60.8 Å². The molecule has 12 nitrogen and oxygen atoms in total. The standard InChI is InChI=1S/C48H51NO11/c1-54-47-45(44(57-31-36-21-12-5-13-22-36)43(41(29-50)60-47)56-30-35-19-10-4-11-20-35)55-26-14-23-38-24-25-40(51)42(59-38)39(28-34-17-8-3-9-18-34)46(52)49-37(32-58-48(49)53)27-33-15-6-2-7-16-33/h2-13,15-25,37,39,41-45,47,50H,14,26-32H2,1H3/t37-,39-,41-,42-,43-,44+,45+,47+/m1/s1. The van der Waals surface area contributed by atoms with Gasteiger partial charge in [0, 0.05) is 7.11 Å². The number of hydrogen-bond donors (Lipinski definition) is 1. The zero-order valence-electron chi connectivity index (χ0n) is 33.5. The first-order chi connectivity index (χ1) is 29.4. The molecule has 12 heteroatoms. The molecule has 0 unspecified atom stereocenters. The molecule has 2 amide bonds. The van der Waals surface area contributed by atoms with Crippen LogP contribution in [0.1, 0.15) is 28.7 Å². The van der Waals surface area contributed by atoms with Gasteiger partial charge in [0.15, 0.2) is 18.2 Å². The van der Waals surface area contributed by atoms with E-state index >= 15 is 0 Å². The lowest BCUT2D eigenvalue weighted by Crippen LogP contribution is -2.61. The zero-order chi connectivity index (χ0) is 41.7. The summed E-state index contributed by atoms with van der Waals surface area (Å²) >= 11 is 0. The molecular weight excluding hydrogens is 767 g/mol. The highest BCUT2D eigenvalue weighted by molar-refractivity contribution is 6.02. The number of carbonyl (C=O) groups is 3. The van der Waals surface area contributed by atoms with Gasteiger partial charge in [-0.15, -0.1) is 0 Å². The molecule has 0 aliphatic carbocycles.